The molecule has 230 valence electrons. The minimum Gasteiger partial charge on any atom is -0.352 e. The normalized spacial score (nSPS) is 14.3. The van der Waals surface area contributed by atoms with Gasteiger partial charge in [0.05, 0.1) is 0 Å². The lowest BCUT2D eigenvalue weighted by molar-refractivity contribution is -0.128. The second-order valence-electron chi connectivity index (χ2n) is 11.3. The predicted molar refractivity (Wildman–Crippen MR) is 170 cm³/mol. The van der Waals surface area contributed by atoms with Crippen molar-refractivity contribution in [1.82, 2.24) is 31.0 Å². The molecule has 9 nitrogen and oxygen atoms in total. The summed E-state index contributed by atoms with van der Waals surface area (Å²) in [5.41, 5.74) is 7.26. The molecular weight excluding hydrogens is 540 g/mol. The van der Waals surface area contributed by atoms with E-state index in [0.717, 1.165) is 31.5 Å². The number of nitrogens with one attached hydrogen (secondary N) is 3. The molecule has 3 aromatic rings. The lowest BCUT2D eigenvalue weighted by Gasteiger charge is -2.25. The first kappa shape index (κ1) is 33.4. The number of hydrazine groups is 1. The van der Waals surface area contributed by atoms with Gasteiger partial charge in [0.1, 0.15) is 6.04 Å². The van der Waals surface area contributed by atoms with Gasteiger partial charge in [-0.3, -0.25) is 24.8 Å². The first-order valence-corrected chi connectivity index (χ1v) is 15.0. The molecule has 1 aliphatic heterocycles. The average molecular weight is 587 g/mol. The van der Waals surface area contributed by atoms with Crippen LogP contribution in [0.2, 0.25) is 0 Å². The van der Waals surface area contributed by atoms with Crippen LogP contribution in [0.3, 0.4) is 0 Å². The van der Waals surface area contributed by atoms with Gasteiger partial charge in [0.15, 0.2) is 0 Å². The van der Waals surface area contributed by atoms with E-state index in [4.69, 9.17) is 0 Å². The molecule has 1 unspecified atom stereocenters. The number of hydrogen-bond acceptors (Lipinski definition) is 6. The zero-order valence-corrected chi connectivity index (χ0v) is 26.1. The van der Waals surface area contributed by atoms with Crippen LogP contribution in [0.15, 0.2) is 73.1 Å². The van der Waals surface area contributed by atoms with Crippen LogP contribution < -0.4 is 16.1 Å². The first-order chi connectivity index (χ1) is 20.7. The zero-order valence-electron chi connectivity index (χ0n) is 26.1. The van der Waals surface area contributed by atoms with Crippen molar-refractivity contribution in [2.75, 3.05) is 33.7 Å². The van der Waals surface area contributed by atoms with E-state index in [0.29, 0.717) is 36.6 Å². The second-order valence-corrected chi connectivity index (χ2v) is 11.3. The third-order valence-corrected chi connectivity index (χ3v) is 7.09. The maximum atomic E-state index is 13.1. The minimum atomic E-state index is -0.506. The molecule has 4 rings (SSSR count). The lowest BCUT2D eigenvalue weighted by atomic mass is 10.0. The summed E-state index contributed by atoms with van der Waals surface area (Å²) in [5, 5.41) is 7.88. The summed E-state index contributed by atoms with van der Waals surface area (Å²) in [6.45, 7) is 8.91. The second kappa shape index (κ2) is 17.1. The van der Waals surface area contributed by atoms with Crippen molar-refractivity contribution in [3.8, 4) is 0 Å². The van der Waals surface area contributed by atoms with E-state index in [-0.39, 0.29) is 17.7 Å². The molecule has 1 atom stereocenters. The van der Waals surface area contributed by atoms with Crippen LogP contribution in [0.5, 0.6) is 0 Å². The highest BCUT2D eigenvalue weighted by molar-refractivity contribution is 6.01. The molecule has 1 saturated heterocycles. The fourth-order valence-corrected chi connectivity index (χ4v) is 4.74. The molecular formula is C34H46N6O3. The number of amides is 3. The van der Waals surface area contributed by atoms with Crippen LogP contribution in [0, 0.1) is 6.92 Å². The highest BCUT2D eigenvalue weighted by Crippen LogP contribution is 2.21. The fraction of sp³-hybridized carbons (Fsp3) is 0.412. The van der Waals surface area contributed by atoms with Gasteiger partial charge in [-0.15, -0.1) is 0 Å². The predicted octanol–water partition coefficient (Wildman–Crippen LogP) is 4.31. The van der Waals surface area contributed by atoms with E-state index < -0.39 is 6.04 Å². The standard InChI is InChI=1S/C27H38N6O3.C7H8/c1-19(2)23-14-20(17-29-18-23)16-28-11-7-12-30-25(34)21-8-5-9-22(15-21)27(36)33-13-6-10-24(33)26(35)31-32(3)4;1-7-5-3-2-4-6-7/h5,8-9,14-15,17-19,24,28H,6-7,10-13,16H2,1-4H3,(H,30,34)(H,31,35);2-6H,1H3. The van der Waals surface area contributed by atoms with Gasteiger partial charge in [-0.2, -0.15) is 0 Å². The van der Waals surface area contributed by atoms with Gasteiger partial charge in [0.2, 0.25) is 0 Å². The summed E-state index contributed by atoms with van der Waals surface area (Å²) in [6.07, 6.45) is 5.94. The van der Waals surface area contributed by atoms with Gasteiger partial charge in [0, 0.05) is 57.3 Å². The van der Waals surface area contributed by atoms with Gasteiger partial charge in [-0.25, -0.2) is 5.01 Å². The quantitative estimate of drug-likeness (QED) is 0.228. The van der Waals surface area contributed by atoms with Gasteiger partial charge < -0.3 is 15.5 Å². The van der Waals surface area contributed by atoms with Gasteiger partial charge >= 0.3 is 0 Å². The van der Waals surface area contributed by atoms with E-state index in [1.165, 1.54) is 11.1 Å². The Hall–Kier alpha value is -4.08. The highest BCUT2D eigenvalue weighted by Gasteiger charge is 2.34. The number of nitrogens with zero attached hydrogens (tertiary/aromatic N) is 3. The molecule has 43 heavy (non-hydrogen) atoms. The SMILES string of the molecule is CC(C)c1cncc(CNCCCNC(=O)c2cccc(C(=O)N3CCCC3C(=O)NN(C)C)c2)c1.Cc1ccccc1. The molecule has 1 fully saturated rings. The lowest BCUT2D eigenvalue weighted by Crippen LogP contribution is -2.49. The number of carbonyl (C=O) groups is 3. The first-order valence-electron chi connectivity index (χ1n) is 15.0. The summed E-state index contributed by atoms with van der Waals surface area (Å²) in [7, 11) is 3.47. The van der Waals surface area contributed by atoms with Crippen LogP contribution >= 0.6 is 0 Å². The number of carbonyl (C=O) groups excluding carboxylic acids is 3. The Bertz CT molecular complexity index is 1330. The third-order valence-electron chi connectivity index (χ3n) is 7.09. The van der Waals surface area contributed by atoms with Crippen molar-refractivity contribution >= 4 is 17.7 Å². The summed E-state index contributed by atoms with van der Waals surface area (Å²) in [6, 6.07) is 18.6. The van der Waals surface area contributed by atoms with Gasteiger partial charge in [0.25, 0.3) is 17.7 Å². The van der Waals surface area contributed by atoms with E-state index in [9.17, 15) is 14.4 Å². The molecule has 0 aliphatic carbocycles. The Balaban J connectivity index is 0.000000633. The number of aromatic nitrogens is 1. The molecule has 3 N–H and O–H groups in total. The van der Waals surface area contributed by atoms with Crippen LogP contribution in [0.1, 0.15) is 76.4 Å². The van der Waals surface area contributed by atoms with E-state index in [1.54, 1.807) is 48.3 Å². The number of hydrogen-bond donors (Lipinski definition) is 3. The van der Waals surface area contributed by atoms with Crippen molar-refractivity contribution in [3.05, 3.63) is 101 Å². The topological polar surface area (TPSA) is 107 Å². The Kier molecular flexibility index (Phi) is 13.3. The maximum Gasteiger partial charge on any atom is 0.257 e. The average Bonchev–Trinajstić information content (AvgIpc) is 3.49. The van der Waals surface area contributed by atoms with Crippen LogP contribution in [-0.2, 0) is 11.3 Å². The Morgan fingerprint density at radius 2 is 1.72 bits per heavy atom. The van der Waals surface area contributed by atoms with Crippen molar-refractivity contribution in [2.45, 2.75) is 58.5 Å². The highest BCUT2D eigenvalue weighted by atomic mass is 16.2. The molecule has 0 radical (unpaired) electrons. The molecule has 1 aliphatic rings. The third kappa shape index (κ3) is 10.9. The number of likely N-dealkylation sites (tertiary alicyclic amines) is 1. The van der Waals surface area contributed by atoms with Crippen molar-refractivity contribution in [3.63, 3.8) is 0 Å². The molecule has 9 heteroatoms. The largest absolute Gasteiger partial charge is 0.352 e. The number of rotatable bonds is 11. The summed E-state index contributed by atoms with van der Waals surface area (Å²) in [5.74, 6) is -0.207. The monoisotopic (exact) mass is 586 g/mol. The zero-order chi connectivity index (χ0) is 31.2. The van der Waals surface area contributed by atoms with E-state index >= 15 is 0 Å². The molecule has 0 spiro atoms. The molecule has 3 amide bonds. The van der Waals surface area contributed by atoms with Crippen LogP contribution in [0.4, 0.5) is 0 Å². The molecule has 0 bridgehead atoms. The van der Waals surface area contributed by atoms with Crippen LogP contribution in [-0.4, -0.2) is 72.4 Å². The number of benzene rings is 2. The fourth-order valence-electron chi connectivity index (χ4n) is 4.74. The van der Waals surface area contributed by atoms with Crippen molar-refractivity contribution < 1.29 is 14.4 Å². The molecule has 0 saturated carbocycles. The Morgan fingerprint density at radius 1 is 0.977 bits per heavy atom. The summed E-state index contributed by atoms with van der Waals surface area (Å²) in [4.78, 5) is 44.1. The van der Waals surface area contributed by atoms with Gasteiger partial charge in [-0.1, -0.05) is 61.9 Å². The van der Waals surface area contributed by atoms with E-state index in [1.807, 2.05) is 30.6 Å². The number of aryl methyl sites for hydroxylation is 1. The van der Waals surface area contributed by atoms with Crippen LogP contribution in [0.25, 0.3) is 0 Å². The molecule has 1 aromatic heterocycles. The molecule has 2 aromatic carbocycles. The smallest absolute Gasteiger partial charge is 0.257 e. The Morgan fingerprint density at radius 3 is 2.40 bits per heavy atom. The Labute approximate surface area is 256 Å². The number of pyridine rings is 1. The summed E-state index contributed by atoms with van der Waals surface area (Å²) < 4.78 is 0. The maximum absolute atomic E-state index is 13.1. The van der Waals surface area contributed by atoms with E-state index in [2.05, 4.69) is 60.0 Å². The van der Waals surface area contributed by atoms with Crippen molar-refractivity contribution in [2.24, 2.45) is 0 Å². The van der Waals surface area contributed by atoms with Gasteiger partial charge in [-0.05, 0) is 68.0 Å². The summed E-state index contributed by atoms with van der Waals surface area (Å²) >= 11 is 0. The minimum absolute atomic E-state index is 0.197. The molecule has 2 heterocycles. The van der Waals surface area contributed by atoms with Crippen molar-refractivity contribution in [1.29, 1.82) is 0 Å².